The van der Waals surface area contributed by atoms with Gasteiger partial charge in [-0.2, -0.15) is 0 Å². The van der Waals surface area contributed by atoms with Crippen molar-refractivity contribution >= 4 is 23.2 Å². The van der Waals surface area contributed by atoms with Crippen LogP contribution in [0, 0.1) is 11.7 Å². The molecule has 1 unspecified atom stereocenters. The number of benzene rings is 1. The number of nitrogens with one attached hydrogen (secondary N) is 1. The summed E-state index contributed by atoms with van der Waals surface area (Å²) in [5, 5.41) is 14.1. The zero-order valence-electron chi connectivity index (χ0n) is 13.3. The van der Waals surface area contributed by atoms with Crippen LogP contribution in [0.4, 0.5) is 4.39 Å². The summed E-state index contributed by atoms with van der Waals surface area (Å²) in [6.07, 6.45) is 0.792. The second-order valence-electron chi connectivity index (χ2n) is 5.72. The van der Waals surface area contributed by atoms with Gasteiger partial charge in [0.2, 0.25) is 5.91 Å². The van der Waals surface area contributed by atoms with Crippen LogP contribution in [0.25, 0.3) is 0 Å². The summed E-state index contributed by atoms with van der Waals surface area (Å²) in [7, 11) is 0. The Morgan fingerprint density at radius 2 is 2.04 bits per heavy atom. The Kier molecular flexibility index (Phi) is 6.43. The Balaban J connectivity index is 1.81. The molecule has 2 N–H and O–H groups in total. The molecule has 5 nitrogen and oxygen atoms in total. The summed E-state index contributed by atoms with van der Waals surface area (Å²) in [6, 6.07) is 6.26. The molecule has 0 spiro atoms. The van der Waals surface area contributed by atoms with Crippen molar-refractivity contribution in [3.63, 3.8) is 0 Å². The minimum atomic E-state index is -0.873. The molecule has 2 aromatic rings. The summed E-state index contributed by atoms with van der Waals surface area (Å²) in [5.74, 6) is -1.43. The van der Waals surface area contributed by atoms with Crippen LogP contribution < -0.4 is 5.32 Å². The highest BCUT2D eigenvalue weighted by molar-refractivity contribution is 7.09. The van der Waals surface area contributed by atoms with Gasteiger partial charge in [-0.25, -0.2) is 9.37 Å². The molecular formula is C17H19FN2O3S. The molecule has 0 aliphatic rings. The van der Waals surface area contributed by atoms with Gasteiger partial charge in [0.1, 0.15) is 5.82 Å². The van der Waals surface area contributed by atoms with E-state index in [0.717, 1.165) is 10.6 Å². The molecule has 0 aliphatic carbocycles. The van der Waals surface area contributed by atoms with E-state index in [4.69, 9.17) is 5.11 Å². The van der Waals surface area contributed by atoms with Gasteiger partial charge >= 0.3 is 5.97 Å². The molecular weight excluding hydrogens is 331 g/mol. The number of hydrogen-bond acceptors (Lipinski definition) is 4. The fourth-order valence-corrected chi connectivity index (χ4v) is 3.00. The van der Waals surface area contributed by atoms with E-state index in [1.165, 1.54) is 23.5 Å². The lowest BCUT2D eigenvalue weighted by molar-refractivity contribution is -0.138. The summed E-state index contributed by atoms with van der Waals surface area (Å²) in [4.78, 5) is 26.9. The molecule has 1 aromatic heterocycles. The van der Waals surface area contributed by atoms with E-state index in [1.54, 1.807) is 19.1 Å². The first-order valence-corrected chi connectivity index (χ1v) is 8.46. The fourth-order valence-electron chi connectivity index (χ4n) is 2.17. The molecule has 1 aromatic carbocycles. The van der Waals surface area contributed by atoms with E-state index in [1.807, 2.05) is 5.38 Å². The Hall–Kier alpha value is -2.28. The number of carboxylic acids is 1. The molecule has 0 fully saturated rings. The number of carboxylic acid groups (broad SMARTS) is 1. The highest BCUT2D eigenvalue weighted by Crippen LogP contribution is 2.15. The number of aromatic nitrogens is 1. The minimum absolute atomic E-state index is 0.0266. The first-order valence-electron chi connectivity index (χ1n) is 7.58. The van der Waals surface area contributed by atoms with Crippen LogP contribution in [-0.2, 0) is 22.4 Å². The number of amides is 1. The average Bonchev–Trinajstić information content (AvgIpc) is 2.94. The molecule has 128 valence electrons. The molecule has 1 amide bonds. The SMILES string of the molecule is CC(CNC(=O)Cc1csc(Cc2ccc(F)cc2)n1)CC(=O)O. The zero-order chi connectivity index (χ0) is 17.5. The van der Waals surface area contributed by atoms with Crippen LogP contribution in [0.5, 0.6) is 0 Å². The van der Waals surface area contributed by atoms with Gasteiger partial charge in [0.25, 0.3) is 0 Å². The molecule has 1 atom stereocenters. The van der Waals surface area contributed by atoms with Gasteiger partial charge in [-0.1, -0.05) is 19.1 Å². The quantitative estimate of drug-likeness (QED) is 0.767. The molecule has 24 heavy (non-hydrogen) atoms. The van der Waals surface area contributed by atoms with E-state index in [-0.39, 0.29) is 30.5 Å². The van der Waals surface area contributed by atoms with Crippen molar-refractivity contribution in [3.8, 4) is 0 Å². The topological polar surface area (TPSA) is 79.3 Å². The van der Waals surface area contributed by atoms with Gasteiger partial charge in [0.15, 0.2) is 0 Å². The van der Waals surface area contributed by atoms with Crippen molar-refractivity contribution in [1.29, 1.82) is 0 Å². The average molecular weight is 350 g/mol. The number of carbonyl (C=O) groups is 2. The highest BCUT2D eigenvalue weighted by atomic mass is 32.1. The van der Waals surface area contributed by atoms with Crippen LogP contribution in [-0.4, -0.2) is 28.5 Å². The first-order chi connectivity index (χ1) is 11.4. The van der Waals surface area contributed by atoms with Gasteiger partial charge in [0, 0.05) is 24.8 Å². The number of thiazole rings is 1. The Morgan fingerprint density at radius 3 is 2.71 bits per heavy atom. The maximum atomic E-state index is 12.9. The van der Waals surface area contributed by atoms with Gasteiger partial charge in [-0.15, -0.1) is 11.3 Å². The number of carbonyl (C=O) groups excluding carboxylic acids is 1. The van der Waals surface area contributed by atoms with Crippen LogP contribution >= 0.6 is 11.3 Å². The largest absolute Gasteiger partial charge is 0.481 e. The third-order valence-corrected chi connectivity index (χ3v) is 4.28. The van der Waals surface area contributed by atoms with Gasteiger partial charge in [-0.3, -0.25) is 9.59 Å². The third kappa shape index (κ3) is 6.08. The fraction of sp³-hybridized carbons (Fsp3) is 0.353. The van der Waals surface area contributed by atoms with E-state index in [9.17, 15) is 14.0 Å². The van der Waals surface area contributed by atoms with Crippen LogP contribution in [0.3, 0.4) is 0 Å². The predicted molar refractivity (Wildman–Crippen MR) is 89.5 cm³/mol. The molecule has 2 rings (SSSR count). The van der Waals surface area contributed by atoms with E-state index in [0.29, 0.717) is 18.7 Å². The predicted octanol–water partition coefficient (Wildman–Crippen LogP) is 2.64. The molecule has 0 radical (unpaired) electrons. The molecule has 0 bridgehead atoms. The second kappa shape index (κ2) is 8.54. The lowest BCUT2D eigenvalue weighted by Gasteiger charge is -2.09. The van der Waals surface area contributed by atoms with Crippen molar-refractivity contribution < 1.29 is 19.1 Å². The number of nitrogens with zero attached hydrogens (tertiary/aromatic N) is 1. The number of aliphatic carboxylic acids is 1. The van der Waals surface area contributed by atoms with Crippen LogP contribution in [0.2, 0.25) is 0 Å². The normalized spacial score (nSPS) is 11.9. The number of rotatable bonds is 8. The second-order valence-corrected chi connectivity index (χ2v) is 6.66. The Labute approximate surface area is 143 Å². The van der Waals surface area contributed by atoms with Crippen LogP contribution in [0.1, 0.15) is 29.6 Å². The van der Waals surface area contributed by atoms with Crippen molar-refractivity contribution in [1.82, 2.24) is 10.3 Å². The molecule has 1 heterocycles. The maximum Gasteiger partial charge on any atom is 0.303 e. The van der Waals surface area contributed by atoms with Gasteiger partial charge < -0.3 is 10.4 Å². The van der Waals surface area contributed by atoms with E-state index < -0.39 is 5.97 Å². The Bertz CT molecular complexity index is 700. The zero-order valence-corrected chi connectivity index (χ0v) is 14.1. The summed E-state index contributed by atoms with van der Waals surface area (Å²) in [6.45, 7) is 2.11. The van der Waals surface area contributed by atoms with Crippen molar-refractivity contribution in [2.45, 2.75) is 26.2 Å². The minimum Gasteiger partial charge on any atom is -0.481 e. The third-order valence-electron chi connectivity index (χ3n) is 3.38. The monoisotopic (exact) mass is 350 g/mol. The summed E-state index contributed by atoms with van der Waals surface area (Å²) in [5.41, 5.74) is 1.64. The molecule has 0 saturated heterocycles. The standard InChI is InChI=1S/C17H19FN2O3S/c1-11(6-17(22)23)9-19-15(21)8-14-10-24-16(20-14)7-12-2-4-13(18)5-3-12/h2-5,10-11H,6-9H2,1H3,(H,19,21)(H,22,23). The molecule has 7 heteroatoms. The van der Waals surface area contributed by atoms with Gasteiger partial charge in [-0.05, 0) is 23.6 Å². The van der Waals surface area contributed by atoms with Crippen LogP contribution in [0.15, 0.2) is 29.6 Å². The Morgan fingerprint density at radius 1 is 1.33 bits per heavy atom. The lowest BCUT2D eigenvalue weighted by Crippen LogP contribution is -2.30. The molecule has 0 aliphatic heterocycles. The van der Waals surface area contributed by atoms with Crippen molar-refractivity contribution in [2.24, 2.45) is 5.92 Å². The smallest absolute Gasteiger partial charge is 0.303 e. The number of halogens is 1. The molecule has 0 saturated carbocycles. The summed E-state index contributed by atoms with van der Waals surface area (Å²) >= 11 is 1.46. The summed E-state index contributed by atoms with van der Waals surface area (Å²) < 4.78 is 12.9. The number of hydrogen-bond donors (Lipinski definition) is 2. The first kappa shape index (κ1) is 18.1. The highest BCUT2D eigenvalue weighted by Gasteiger charge is 2.11. The van der Waals surface area contributed by atoms with Crippen molar-refractivity contribution in [2.75, 3.05) is 6.54 Å². The van der Waals surface area contributed by atoms with E-state index >= 15 is 0 Å². The maximum absolute atomic E-state index is 12.9. The van der Waals surface area contributed by atoms with Crippen molar-refractivity contribution in [3.05, 3.63) is 51.7 Å². The lowest BCUT2D eigenvalue weighted by atomic mass is 10.1. The van der Waals surface area contributed by atoms with E-state index in [2.05, 4.69) is 10.3 Å². The van der Waals surface area contributed by atoms with Gasteiger partial charge in [0.05, 0.1) is 17.1 Å².